The predicted octanol–water partition coefficient (Wildman–Crippen LogP) is 4.11. The van der Waals surface area contributed by atoms with Crippen LogP contribution in [-0.4, -0.2) is 12.6 Å². The normalized spacial score (nSPS) is 15.9. The molecule has 0 bridgehead atoms. The number of rotatable bonds is 1. The first-order valence-corrected chi connectivity index (χ1v) is 7.12. The van der Waals surface area contributed by atoms with Gasteiger partial charge in [-0.05, 0) is 66.6 Å². The number of hydrogen-bond acceptors (Lipinski definition) is 3. The molecular formula is C15H13IO3. The minimum atomic E-state index is 0.0357. The predicted molar refractivity (Wildman–Crippen MR) is 81.9 cm³/mol. The number of allylic oxidation sites excluding steroid dienone is 4. The van der Waals surface area contributed by atoms with Crippen molar-refractivity contribution < 1.29 is 14.3 Å². The second-order valence-electron chi connectivity index (χ2n) is 4.87. The van der Waals surface area contributed by atoms with Crippen LogP contribution >= 0.6 is 22.6 Å². The van der Waals surface area contributed by atoms with Gasteiger partial charge < -0.3 is 9.47 Å². The zero-order chi connectivity index (χ0) is 13.7. The van der Waals surface area contributed by atoms with Gasteiger partial charge in [-0.2, -0.15) is 0 Å². The maximum Gasteiger partial charge on any atom is 0.231 e. The molecule has 0 fully saturated rings. The van der Waals surface area contributed by atoms with Crippen molar-refractivity contribution in [3.05, 3.63) is 38.0 Å². The van der Waals surface area contributed by atoms with Gasteiger partial charge in [-0.3, -0.25) is 4.79 Å². The Morgan fingerprint density at radius 1 is 1.21 bits per heavy atom. The van der Waals surface area contributed by atoms with Crippen molar-refractivity contribution in [3.8, 4) is 11.5 Å². The Bertz CT molecular complexity index is 664. The lowest BCUT2D eigenvalue weighted by atomic mass is 9.97. The minimum absolute atomic E-state index is 0.0357. The molecule has 1 aromatic rings. The van der Waals surface area contributed by atoms with E-state index in [2.05, 4.69) is 43.4 Å². The van der Waals surface area contributed by atoms with E-state index in [1.54, 1.807) is 0 Å². The second-order valence-corrected chi connectivity index (χ2v) is 5.94. The Hall–Kier alpha value is -1.30. The molecule has 98 valence electrons. The lowest BCUT2D eigenvalue weighted by Crippen LogP contribution is -1.98. The van der Waals surface area contributed by atoms with Gasteiger partial charge in [0.1, 0.15) is 0 Å². The molecule has 0 saturated heterocycles. The highest BCUT2D eigenvalue weighted by Crippen LogP contribution is 2.48. The summed E-state index contributed by atoms with van der Waals surface area (Å²) in [5.74, 6) is 1.29. The fourth-order valence-corrected chi connectivity index (χ4v) is 3.33. The van der Waals surface area contributed by atoms with Gasteiger partial charge >= 0.3 is 0 Å². The van der Waals surface area contributed by atoms with E-state index in [1.807, 2.05) is 12.1 Å². The summed E-state index contributed by atoms with van der Waals surface area (Å²) >= 11 is 2.13. The summed E-state index contributed by atoms with van der Waals surface area (Å²) in [6.45, 7) is 6.35. The van der Waals surface area contributed by atoms with E-state index in [1.165, 1.54) is 5.57 Å². The molecule has 0 radical (unpaired) electrons. The zero-order valence-corrected chi connectivity index (χ0v) is 13.1. The number of Topliss-reactive ketones (excluding diaryl/α,β-unsaturated/α-hetero) is 1. The molecule has 1 aromatic carbocycles. The molecule has 3 nitrogen and oxygen atoms in total. The van der Waals surface area contributed by atoms with E-state index >= 15 is 0 Å². The molecule has 0 N–H and O–H groups in total. The molecule has 2 aliphatic rings. The van der Waals surface area contributed by atoms with E-state index < -0.39 is 0 Å². The highest BCUT2D eigenvalue weighted by molar-refractivity contribution is 14.1. The van der Waals surface area contributed by atoms with E-state index in [4.69, 9.17) is 9.47 Å². The highest BCUT2D eigenvalue weighted by atomic mass is 127. The van der Waals surface area contributed by atoms with Crippen molar-refractivity contribution in [2.75, 3.05) is 6.79 Å². The van der Waals surface area contributed by atoms with Crippen LogP contribution in [0.4, 0.5) is 0 Å². The summed E-state index contributed by atoms with van der Waals surface area (Å²) in [6, 6.07) is 3.83. The lowest BCUT2D eigenvalue weighted by molar-refractivity contribution is 0.104. The highest BCUT2D eigenvalue weighted by Gasteiger charge is 2.35. The smallest absolute Gasteiger partial charge is 0.231 e. The van der Waals surface area contributed by atoms with Gasteiger partial charge in [0, 0.05) is 5.57 Å². The van der Waals surface area contributed by atoms with Gasteiger partial charge in [0.15, 0.2) is 11.5 Å². The Kier molecular flexibility index (Phi) is 2.92. The molecule has 0 unspecified atom stereocenters. The molecule has 0 aromatic heterocycles. The molecule has 0 atom stereocenters. The quantitative estimate of drug-likeness (QED) is 0.700. The molecule has 1 aliphatic carbocycles. The van der Waals surface area contributed by atoms with Crippen LogP contribution in [0.3, 0.4) is 0 Å². The summed E-state index contributed by atoms with van der Waals surface area (Å²) < 4.78 is 11.6. The summed E-state index contributed by atoms with van der Waals surface area (Å²) in [4.78, 5) is 12.5. The molecule has 3 rings (SSSR count). The Morgan fingerprint density at radius 2 is 1.95 bits per heavy atom. The topological polar surface area (TPSA) is 35.5 Å². The number of halogens is 1. The minimum Gasteiger partial charge on any atom is -0.454 e. The molecule has 1 aliphatic heterocycles. The fourth-order valence-electron chi connectivity index (χ4n) is 2.36. The van der Waals surface area contributed by atoms with Crippen molar-refractivity contribution >= 4 is 33.9 Å². The van der Waals surface area contributed by atoms with E-state index in [9.17, 15) is 4.79 Å². The fraction of sp³-hybridized carbons (Fsp3) is 0.267. The van der Waals surface area contributed by atoms with E-state index in [0.717, 1.165) is 20.3 Å². The Labute approximate surface area is 125 Å². The van der Waals surface area contributed by atoms with Crippen molar-refractivity contribution in [1.29, 1.82) is 0 Å². The van der Waals surface area contributed by atoms with Crippen LogP contribution in [0.1, 0.15) is 36.7 Å². The molecule has 1 heterocycles. The SMILES string of the molecule is CC(C)=C(C)C1=C(I)C(=O)c2c1ccc1c2OCO1. The number of hydrogen-bond donors (Lipinski definition) is 0. The zero-order valence-electron chi connectivity index (χ0n) is 11.0. The van der Waals surface area contributed by atoms with Crippen LogP contribution in [0, 0.1) is 0 Å². The number of ether oxygens (including phenoxy) is 2. The average Bonchev–Trinajstić information content (AvgIpc) is 2.93. The largest absolute Gasteiger partial charge is 0.454 e. The van der Waals surface area contributed by atoms with Gasteiger partial charge in [-0.1, -0.05) is 5.57 Å². The first-order valence-electron chi connectivity index (χ1n) is 6.04. The second kappa shape index (κ2) is 4.37. The van der Waals surface area contributed by atoms with Crippen LogP contribution < -0.4 is 9.47 Å². The summed E-state index contributed by atoms with van der Waals surface area (Å²) in [5, 5.41) is 0. The summed E-state index contributed by atoms with van der Waals surface area (Å²) in [7, 11) is 0. The van der Waals surface area contributed by atoms with Crippen molar-refractivity contribution in [2.45, 2.75) is 20.8 Å². The van der Waals surface area contributed by atoms with Gasteiger partial charge in [0.2, 0.25) is 12.6 Å². The Morgan fingerprint density at radius 3 is 2.63 bits per heavy atom. The third-order valence-corrected chi connectivity index (χ3v) is 4.61. The van der Waals surface area contributed by atoms with Crippen molar-refractivity contribution in [1.82, 2.24) is 0 Å². The number of benzene rings is 1. The Balaban J connectivity index is 2.28. The standard InChI is InChI=1S/C15H13IO3/c1-7(2)8(3)11-9-4-5-10-15(19-6-18-10)12(9)14(17)13(11)16/h4-5H,6H2,1-3H3. The number of ketones is 1. The van der Waals surface area contributed by atoms with Gasteiger partial charge in [0.25, 0.3) is 0 Å². The summed E-state index contributed by atoms with van der Waals surface area (Å²) in [5.41, 5.74) is 4.99. The number of carbonyl (C=O) groups excluding carboxylic acids is 1. The average molecular weight is 368 g/mol. The third kappa shape index (κ3) is 1.73. The third-order valence-electron chi connectivity index (χ3n) is 3.58. The van der Waals surface area contributed by atoms with Crippen molar-refractivity contribution in [3.63, 3.8) is 0 Å². The van der Waals surface area contributed by atoms with Crippen LogP contribution in [0.2, 0.25) is 0 Å². The first kappa shape index (κ1) is 12.7. The van der Waals surface area contributed by atoms with Crippen LogP contribution in [-0.2, 0) is 0 Å². The molecule has 0 saturated carbocycles. The maximum atomic E-state index is 12.5. The van der Waals surface area contributed by atoms with E-state index in [-0.39, 0.29) is 12.6 Å². The van der Waals surface area contributed by atoms with Gasteiger partial charge in [-0.15, -0.1) is 0 Å². The number of carbonyl (C=O) groups is 1. The molecular weight excluding hydrogens is 355 g/mol. The molecule has 19 heavy (non-hydrogen) atoms. The van der Waals surface area contributed by atoms with Gasteiger partial charge in [-0.25, -0.2) is 0 Å². The monoisotopic (exact) mass is 368 g/mol. The van der Waals surface area contributed by atoms with Crippen LogP contribution in [0.5, 0.6) is 11.5 Å². The molecule has 0 spiro atoms. The van der Waals surface area contributed by atoms with Crippen molar-refractivity contribution in [2.24, 2.45) is 0 Å². The molecule has 0 amide bonds. The van der Waals surface area contributed by atoms with Crippen LogP contribution in [0.25, 0.3) is 5.57 Å². The first-order chi connectivity index (χ1) is 9.02. The van der Waals surface area contributed by atoms with Gasteiger partial charge in [0.05, 0.1) is 9.14 Å². The molecule has 4 heteroatoms. The maximum absolute atomic E-state index is 12.5. The lowest BCUT2D eigenvalue weighted by Gasteiger charge is -2.09. The summed E-state index contributed by atoms with van der Waals surface area (Å²) in [6.07, 6.45) is 0. The van der Waals surface area contributed by atoms with E-state index in [0.29, 0.717) is 17.1 Å². The number of fused-ring (bicyclic) bond motifs is 3. The van der Waals surface area contributed by atoms with Crippen LogP contribution in [0.15, 0.2) is 26.9 Å².